The standard InChI is InChI=1S/C26H30F3NO3.C14H19NO3.C12H12ClF3/c1-16-19-12-13-30(24(31)33-25(2,3)4)22(19)10-11-23(16)32-15-17-8-9-20(18-6-5-7-18)21(14-17)26(27,28)29;1-9-10-7-8-15(11(10)5-6-12(9)16)13(17)18-14(2,3)4;13-7-8-4-5-10(9-2-1-3-9)11(6-8)12(14,15)16/h8-11,14,18H,5-7,12-13,15H2,1-4H3;5-6,16H,7-8H2,1-4H3;4-6,9H,1-3,7H2. The Morgan fingerprint density at radius 2 is 1.07 bits per heavy atom. The predicted molar refractivity (Wildman–Crippen MR) is 249 cm³/mol. The molecule has 4 aliphatic rings. The van der Waals surface area contributed by atoms with E-state index >= 15 is 0 Å². The lowest BCUT2D eigenvalue weighted by Gasteiger charge is -2.29. The summed E-state index contributed by atoms with van der Waals surface area (Å²) in [6.07, 6.45) is -2.57. The highest BCUT2D eigenvalue weighted by atomic mass is 35.5. The van der Waals surface area contributed by atoms with Crippen LogP contribution in [0.25, 0.3) is 0 Å². The van der Waals surface area contributed by atoms with E-state index in [2.05, 4.69) is 0 Å². The molecule has 8 rings (SSSR count). The molecule has 2 amide bonds. The summed E-state index contributed by atoms with van der Waals surface area (Å²) in [4.78, 5) is 27.8. The molecule has 0 unspecified atom stereocenters. The number of fused-ring (bicyclic) bond motifs is 2. The van der Waals surface area contributed by atoms with Gasteiger partial charge in [-0.3, -0.25) is 9.80 Å². The minimum atomic E-state index is -4.38. The Kier molecular flexibility index (Phi) is 15.5. The normalized spacial score (nSPS) is 16.1. The number of carbonyl (C=O) groups excluding carboxylic acids is 2. The molecule has 2 aliphatic carbocycles. The average Bonchev–Trinajstić information content (AvgIpc) is 3.83. The van der Waals surface area contributed by atoms with Crippen molar-refractivity contribution in [2.45, 2.75) is 155 Å². The Bertz CT molecular complexity index is 2430. The van der Waals surface area contributed by atoms with E-state index in [9.17, 15) is 41.0 Å². The maximum atomic E-state index is 13.6. The first kappa shape index (κ1) is 51.3. The van der Waals surface area contributed by atoms with Crippen LogP contribution in [0.1, 0.15) is 148 Å². The largest absolute Gasteiger partial charge is 0.508 e. The van der Waals surface area contributed by atoms with Gasteiger partial charge in [-0.2, -0.15) is 26.3 Å². The van der Waals surface area contributed by atoms with Crippen molar-refractivity contribution in [3.8, 4) is 11.5 Å². The van der Waals surface area contributed by atoms with Gasteiger partial charge in [-0.05, 0) is 187 Å². The van der Waals surface area contributed by atoms with Crippen LogP contribution in [0.5, 0.6) is 11.5 Å². The van der Waals surface area contributed by atoms with Crippen molar-refractivity contribution in [1.82, 2.24) is 0 Å². The smallest absolute Gasteiger partial charge is 0.416 e. The molecule has 0 radical (unpaired) electrons. The van der Waals surface area contributed by atoms with Crippen molar-refractivity contribution >= 4 is 35.2 Å². The zero-order chi connectivity index (χ0) is 49.2. The molecule has 0 aromatic heterocycles. The summed E-state index contributed by atoms with van der Waals surface area (Å²) < 4.78 is 96.3. The van der Waals surface area contributed by atoms with Crippen LogP contribution < -0.4 is 14.5 Å². The summed E-state index contributed by atoms with van der Waals surface area (Å²) in [6.45, 7) is 16.0. The van der Waals surface area contributed by atoms with Gasteiger partial charge in [-0.25, -0.2) is 9.59 Å². The SMILES string of the molecule is Cc1c(O)ccc2c1CCN2C(=O)OC(C)(C)C.Cc1c(OCc2ccc(C3CCC3)c(C(F)(F)F)c2)ccc2c1CCN2C(=O)OC(C)(C)C.FC(F)(F)c1cc(CCl)ccc1C1CCC1. The van der Waals surface area contributed by atoms with Gasteiger partial charge in [0.05, 0.1) is 22.5 Å². The molecular weight excluding hydrogens is 898 g/mol. The maximum absolute atomic E-state index is 13.6. The summed E-state index contributed by atoms with van der Waals surface area (Å²) in [6, 6.07) is 16.0. The summed E-state index contributed by atoms with van der Waals surface area (Å²) in [5.74, 6) is 1.09. The number of hydrogen-bond donors (Lipinski definition) is 1. The average molecular weight is 960 g/mol. The fraction of sp³-hybridized carbons (Fsp3) is 0.500. The molecule has 1 N–H and O–H groups in total. The number of nitrogens with zero attached hydrogens (tertiary/aromatic N) is 2. The number of alkyl halides is 7. The third-order valence-electron chi connectivity index (χ3n) is 12.5. The van der Waals surface area contributed by atoms with Gasteiger partial charge in [0.2, 0.25) is 0 Å². The first-order chi connectivity index (χ1) is 31.3. The van der Waals surface area contributed by atoms with E-state index in [4.69, 9.17) is 25.8 Å². The van der Waals surface area contributed by atoms with Crippen LogP contribution in [0.3, 0.4) is 0 Å². The van der Waals surface area contributed by atoms with Crippen LogP contribution in [0.4, 0.5) is 47.3 Å². The highest BCUT2D eigenvalue weighted by Crippen LogP contribution is 2.45. The molecule has 0 atom stereocenters. The molecule has 4 aromatic rings. The van der Waals surface area contributed by atoms with Crippen molar-refractivity contribution in [3.05, 3.63) is 116 Å². The van der Waals surface area contributed by atoms with Gasteiger partial charge >= 0.3 is 24.5 Å². The first-order valence-corrected chi connectivity index (χ1v) is 23.3. The quantitative estimate of drug-likeness (QED) is 0.153. The molecule has 67 heavy (non-hydrogen) atoms. The summed E-state index contributed by atoms with van der Waals surface area (Å²) in [5, 5.41) is 9.66. The van der Waals surface area contributed by atoms with Crippen LogP contribution in [-0.2, 0) is 47.2 Å². The summed E-state index contributed by atoms with van der Waals surface area (Å²) in [7, 11) is 0. The van der Waals surface area contributed by atoms with E-state index in [1.165, 1.54) is 12.1 Å². The molecular formula is C52H61ClF6N2O6. The lowest BCUT2D eigenvalue weighted by molar-refractivity contribution is -0.139. The number of anilines is 2. The molecule has 0 saturated heterocycles. The predicted octanol–water partition coefficient (Wildman–Crippen LogP) is 14.9. The zero-order valence-electron chi connectivity index (χ0n) is 39.4. The molecule has 364 valence electrons. The Hall–Kier alpha value is -5.11. The minimum absolute atomic E-state index is 0.00321. The van der Waals surface area contributed by atoms with E-state index in [1.54, 1.807) is 52.3 Å². The fourth-order valence-electron chi connectivity index (χ4n) is 8.63. The van der Waals surface area contributed by atoms with Crippen molar-refractivity contribution in [1.29, 1.82) is 0 Å². The molecule has 2 fully saturated rings. The number of aromatic hydroxyl groups is 1. The van der Waals surface area contributed by atoms with Gasteiger partial charge in [0.15, 0.2) is 0 Å². The third-order valence-corrected chi connectivity index (χ3v) is 12.8. The van der Waals surface area contributed by atoms with E-state index in [0.29, 0.717) is 47.5 Å². The highest BCUT2D eigenvalue weighted by Gasteiger charge is 2.38. The molecule has 0 bridgehead atoms. The lowest BCUT2D eigenvalue weighted by atomic mass is 9.78. The van der Waals surface area contributed by atoms with Crippen molar-refractivity contribution in [2.75, 3.05) is 22.9 Å². The minimum Gasteiger partial charge on any atom is -0.508 e. The zero-order valence-corrected chi connectivity index (χ0v) is 40.2. The van der Waals surface area contributed by atoms with Crippen LogP contribution in [-0.4, -0.2) is 41.6 Å². The number of halogens is 7. The van der Waals surface area contributed by atoms with Gasteiger partial charge in [0.1, 0.15) is 29.3 Å². The van der Waals surface area contributed by atoms with Gasteiger partial charge in [-0.15, -0.1) is 11.6 Å². The number of amides is 2. The second-order valence-electron chi connectivity index (χ2n) is 19.7. The second kappa shape index (κ2) is 20.2. The number of carbonyl (C=O) groups is 2. The van der Waals surface area contributed by atoms with Gasteiger partial charge in [0.25, 0.3) is 0 Å². The van der Waals surface area contributed by atoms with Crippen LogP contribution in [0.2, 0.25) is 0 Å². The first-order valence-electron chi connectivity index (χ1n) is 22.8. The monoisotopic (exact) mass is 958 g/mol. The Morgan fingerprint density at radius 1 is 0.642 bits per heavy atom. The van der Waals surface area contributed by atoms with Crippen molar-refractivity contribution < 1.29 is 55.2 Å². The molecule has 8 nitrogen and oxygen atoms in total. The van der Waals surface area contributed by atoms with Crippen LogP contribution in [0, 0.1) is 13.8 Å². The van der Waals surface area contributed by atoms with Crippen LogP contribution in [0.15, 0.2) is 60.7 Å². The molecule has 2 saturated carbocycles. The number of phenolic OH excluding ortho intramolecular Hbond substituents is 1. The van der Waals surface area contributed by atoms with Crippen LogP contribution >= 0.6 is 11.6 Å². The number of phenols is 1. The summed E-state index contributed by atoms with van der Waals surface area (Å²) >= 11 is 5.56. The number of hydrogen-bond acceptors (Lipinski definition) is 6. The summed E-state index contributed by atoms with van der Waals surface area (Å²) in [5.41, 5.74) is 5.11. The second-order valence-corrected chi connectivity index (χ2v) is 19.9. The van der Waals surface area contributed by atoms with Gasteiger partial charge in [0, 0.05) is 19.0 Å². The van der Waals surface area contributed by atoms with Crippen molar-refractivity contribution in [2.24, 2.45) is 0 Å². The number of rotatable bonds is 6. The molecule has 2 heterocycles. The van der Waals surface area contributed by atoms with E-state index in [0.717, 1.165) is 78.6 Å². The molecule has 0 spiro atoms. The Morgan fingerprint density at radius 3 is 1.49 bits per heavy atom. The molecule has 4 aromatic carbocycles. The topological polar surface area (TPSA) is 88.5 Å². The van der Waals surface area contributed by atoms with Crippen molar-refractivity contribution in [3.63, 3.8) is 0 Å². The number of ether oxygens (including phenoxy) is 3. The lowest BCUT2D eigenvalue weighted by Crippen LogP contribution is -2.35. The Labute approximate surface area is 394 Å². The van der Waals surface area contributed by atoms with E-state index in [-0.39, 0.29) is 42.3 Å². The third kappa shape index (κ3) is 12.5. The van der Waals surface area contributed by atoms with E-state index < -0.39 is 34.7 Å². The Balaban J connectivity index is 0.000000183. The fourth-order valence-corrected chi connectivity index (χ4v) is 8.79. The maximum Gasteiger partial charge on any atom is 0.416 e. The van der Waals surface area contributed by atoms with Gasteiger partial charge in [-0.1, -0.05) is 37.1 Å². The number of benzene rings is 4. The van der Waals surface area contributed by atoms with E-state index in [1.807, 2.05) is 61.5 Å². The molecule has 15 heteroatoms. The highest BCUT2D eigenvalue weighted by molar-refractivity contribution is 6.17. The molecule has 2 aliphatic heterocycles. The van der Waals surface area contributed by atoms with Gasteiger partial charge < -0.3 is 19.3 Å².